The van der Waals surface area contributed by atoms with Crippen molar-refractivity contribution in [2.45, 2.75) is 11.5 Å². The van der Waals surface area contributed by atoms with Gasteiger partial charge in [0.1, 0.15) is 10.2 Å². The topological polar surface area (TPSA) is 76.7 Å². The number of rotatable bonds is 2. The first-order valence-corrected chi connectivity index (χ1v) is 7.18. The zero-order valence-electron chi connectivity index (χ0n) is 8.61. The highest BCUT2D eigenvalue weighted by Crippen LogP contribution is 2.35. The molecule has 0 amide bonds. The van der Waals surface area contributed by atoms with Crippen LogP contribution in [-0.4, -0.2) is 15.0 Å². The smallest absolute Gasteiger partial charge is 0.191 e. The number of thiazole rings is 1. The first-order valence-electron chi connectivity index (χ1n) is 4.84. The molecule has 2 aromatic heterocycles. The Balaban J connectivity index is 2.12. The second-order valence-electron chi connectivity index (χ2n) is 3.43. The van der Waals surface area contributed by atoms with E-state index in [0.717, 1.165) is 22.8 Å². The fourth-order valence-corrected chi connectivity index (χ4v) is 3.51. The third-order valence-electron chi connectivity index (χ3n) is 2.38. The van der Waals surface area contributed by atoms with Gasteiger partial charge in [-0.3, -0.25) is 0 Å². The minimum Gasteiger partial charge on any atom is -0.308 e. The lowest BCUT2D eigenvalue weighted by atomic mass is 10.2. The molecule has 0 aliphatic carbocycles. The third kappa shape index (κ3) is 1.99. The average Bonchev–Trinajstić information content (AvgIpc) is 2.95. The van der Waals surface area contributed by atoms with E-state index in [1.165, 1.54) is 11.3 Å². The van der Waals surface area contributed by atoms with Crippen LogP contribution in [0.4, 0.5) is 5.82 Å². The number of fused-ring (bicyclic) bond motifs is 1. The van der Waals surface area contributed by atoms with Crippen molar-refractivity contribution in [1.82, 2.24) is 15.0 Å². The van der Waals surface area contributed by atoms with E-state index in [4.69, 9.17) is 17.4 Å². The minimum absolute atomic E-state index is 0.580. The van der Waals surface area contributed by atoms with Crippen LogP contribution in [0.2, 0.25) is 4.34 Å². The molecule has 0 aromatic carbocycles. The summed E-state index contributed by atoms with van der Waals surface area (Å²) in [5.41, 5.74) is 4.74. The number of nitrogens with two attached hydrogens (primary N) is 1. The number of hydrazine groups is 1. The van der Waals surface area contributed by atoms with Crippen molar-refractivity contribution in [3.63, 3.8) is 0 Å². The van der Waals surface area contributed by atoms with Crippen LogP contribution < -0.4 is 11.3 Å². The number of nitrogens with zero attached hydrogens (tertiary/aromatic N) is 3. The molecule has 0 saturated carbocycles. The number of aromatic nitrogens is 3. The number of nitrogen functional groups attached to an aromatic ring is 1. The largest absolute Gasteiger partial charge is 0.308 e. The molecule has 0 spiro atoms. The lowest BCUT2D eigenvalue weighted by Crippen LogP contribution is -2.12. The van der Waals surface area contributed by atoms with Crippen molar-refractivity contribution in [3.05, 3.63) is 21.8 Å². The molecule has 0 saturated heterocycles. The molecule has 2 aromatic rings. The fraction of sp³-hybridized carbons (Fsp3) is 0.222. The van der Waals surface area contributed by atoms with Gasteiger partial charge in [-0.05, 0) is 0 Å². The van der Waals surface area contributed by atoms with E-state index in [0.29, 0.717) is 21.0 Å². The molecule has 1 aliphatic heterocycles. The van der Waals surface area contributed by atoms with Gasteiger partial charge in [0, 0.05) is 17.1 Å². The van der Waals surface area contributed by atoms with Gasteiger partial charge >= 0.3 is 0 Å². The normalized spacial score (nSPS) is 13.8. The van der Waals surface area contributed by atoms with Crippen LogP contribution in [0.25, 0.3) is 10.8 Å². The Morgan fingerprint density at radius 2 is 2.24 bits per heavy atom. The monoisotopic (exact) mass is 285 g/mol. The summed E-state index contributed by atoms with van der Waals surface area (Å²) in [5.74, 6) is 8.53. The van der Waals surface area contributed by atoms with E-state index >= 15 is 0 Å². The van der Waals surface area contributed by atoms with E-state index in [1.807, 2.05) is 0 Å². The van der Waals surface area contributed by atoms with Crippen molar-refractivity contribution >= 4 is 40.5 Å². The molecule has 0 radical (unpaired) electrons. The standard InChI is InChI=1S/C9H8ClN5S2/c10-6-1-12-9(17-6)8-13-5-3-16-2-4(5)7(14-8)15-11/h1H,2-3,11H2,(H,13,14,15). The van der Waals surface area contributed by atoms with Gasteiger partial charge in [-0.2, -0.15) is 11.8 Å². The summed E-state index contributed by atoms with van der Waals surface area (Å²) < 4.78 is 0.626. The van der Waals surface area contributed by atoms with Crippen LogP contribution in [0.5, 0.6) is 0 Å². The van der Waals surface area contributed by atoms with Gasteiger partial charge in [0.15, 0.2) is 10.8 Å². The van der Waals surface area contributed by atoms with Crippen LogP contribution in [0.3, 0.4) is 0 Å². The number of thioether (sulfide) groups is 1. The van der Waals surface area contributed by atoms with Crippen LogP contribution >= 0.6 is 34.7 Å². The Hall–Kier alpha value is -0.890. The Morgan fingerprint density at radius 3 is 2.94 bits per heavy atom. The van der Waals surface area contributed by atoms with Crippen LogP contribution in [0.15, 0.2) is 6.20 Å². The van der Waals surface area contributed by atoms with Crippen molar-refractivity contribution in [2.24, 2.45) is 5.84 Å². The van der Waals surface area contributed by atoms with Gasteiger partial charge in [0.2, 0.25) is 0 Å². The molecular formula is C9H8ClN5S2. The maximum Gasteiger partial charge on any atom is 0.191 e. The molecule has 88 valence electrons. The van der Waals surface area contributed by atoms with Gasteiger partial charge in [0.25, 0.3) is 0 Å². The van der Waals surface area contributed by atoms with E-state index in [2.05, 4.69) is 20.4 Å². The van der Waals surface area contributed by atoms with Crippen LogP contribution in [0, 0.1) is 0 Å². The molecule has 3 N–H and O–H groups in total. The van der Waals surface area contributed by atoms with Gasteiger partial charge in [-0.15, -0.1) is 0 Å². The first kappa shape index (κ1) is 11.2. The number of halogens is 1. The second kappa shape index (κ2) is 4.41. The zero-order chi connectivity index (χ0) is 11.8. The molecule has 17 heavy (non-hydrogen) atoms. The maximum atomic E-state index is 5.86. The molecule has 5 nitrogen and oxygen atoms in total. The molecule has 0 fully saturated rings. The first-order chi connectivity index (χ1) is 8.28. The van der Waals surface area contributed by atoms with E-state index in [1.54, 1.807) is 18.0 Å². The summed E-state index contributed by atoms with van der Waals surface area (Å²) in [5, 5.41) is 0.714. The minimum atomic E-state index is 0.580. The van der Waals surface area contributed by atoms with Gasteiger partial charge in [-0.1, -0.05) is 22.9 Å². The van der Waals surface area contributed by atoms with Gasteiger partial charge in [0.05, 0.1) is 11.9 Å². The summed E-state index contributed by atoms with van der Waals surface area (Å²) in [6.07, 6.45) is 1.60. The summed E-state index contributed by atoms with van der Waals surface area (Å²) in [6.45, 7) is 0. The third-order valence-corrected chi connectivity index (χ3v) is 4.46. The quantitative estimate of drug-likeness (QED) is 0.651. The predicted octanol–water partition coefficient (Wildman–Crippen LogP) is 2.29. The molecule has 0 unspecified atom stereocenters. The van der Waals surface area contributed by atoms with Crippen molar-refractivity contribution in [2.75, 3.05) is 5.43 Å². The average molecular weight is 286 g/mol. The lowest BCUT2D eigenvalue weighted by Gasteiger charge is -2.06. The van der Waals surface area contributed by atoms with Crippen LogP contribution in [-0.2, 0) is 11.5 Å². The van der Waals surface area contributed by atoms with E-state index in [9.17, 15) is 0 Å². The lowest BCUT2D eigenvalue weighted by molar-refractivity contribution is 1.05. The summed E-state index contributed by atoms with van der Waals surface area (Å²) >= 11 is 9.02. The summed E-state index contributed by atoms with van der Waals surface area (Å²) in [7, 11) is 0. The highest BCUT2D eigenvalue weighted by molar-refractivity contribution is 7.98. The number of nitrogens with one attached hydrogen (secondary N) is 1. The zero-order valence-corrected chi connectivity index (χ0v) is 11.0. The Labute approximate surface area is 111 Å². The van der Waals surface area contributed by atoms with Crippen molar-refractivity contribution in [1.29, 1.82) is 0 Å². The van der Waals surface area contributed by atoms with Crippen molar-refractivity contribution in [3.8, 4) is 10.8 Å². The Morgan fingerprint density at radius 1 is 1.35 bits per heavy atom. The number of hydrogen-bond donors (Lipinski definition) is 2. The van der Waals surface area contributed by atoms with Gasteiger partial charge < -0.3 is 5.43 Å². The van der Waals surface area contributed by atoms with E-state index < -0.39 is 0 Å². The Kier molecular flexibility index (Phi) is 2.91. The predicted molar refractivity (Wildman–Crippen MR) is 71.0 cm³/mol. The second-order valence-corrected chi connectivity index (χ2v) is 6.08. The highest BCUT2D eigenvalue weighted by Gasteiger charge is 2.20. The molecular weight excluding hydrogens is 278 g/mol. The highest BCUT2D eigenvalue weighted by atomic mass is 35.5. The Bertz CT molecular complexity index is 571. The molecule has 1 aliphatic rings. The molecule has 3 rings (SSSR count). The molecule has 8 heteroatoms. The fourth-order valence-electron chi connectivity index (χ4n) is 1.62. The SMILES string of the molecule is NNc1nc(-c2ncc(Cl)s2)nc2c1CSC2. The number of anilines is 1. The summed E-state index contributed by atoms with van der Waals surface area (Å²) in [4.78, 5) is 13.1. The molecule has 0 atom stereocenters. The number of hydrogen-bond acceptors (Lipinski definition) is 7. The van der Waals surface area contributed by atoms with E-state index in [-0.39, 0.29) is 0 Å². The molecule has 0 bridgehead atoms. The maximum absolute atomic E-state index is 5.86. The molecule has 3 heterocycles. The van der Waals surface area contributed by atoms with Crippen molar-refractivity contribution < 1.29 is 0 Å². The van der Waals surface area contributed by atoms with Gasteiger partial charge in [-0.25, -0.2) is 20.8 Å². The van der Waals surface area contributed by atoms with Crippen LogP contribution in [0.1, 0.15) is 11.3 Å². The summed E-state index contributed by atoms with van der Waals surface area (Å²) in [6, 6.07) is 0.